The molecule has 0 aliphatic heterocycles. The molecule has 0 spiro atoms. The van der Waals surface area contributed by atoms with Gasteiger partial charge in [0.05, 0.1) is 11.6 Å². The molecule has 2 aromatic heterocycles. The Morgan fingerprint density at radius 1 is 1.20 bits per heavy atom. The van der Waals surface area contributed by atoms with Gasteiger partial charge in [0, 0.05) is 13.1 Å². The van der Waals surface area contributed by atoms with Gasteiger partial charge in [-0.1, -0.05) is 33.6 Å². The second-order valence-electron chi connectivity index (χ2n) is 5.44. The van der Waals surface area contributed by atoms with Crippen molar-refractivity contribution in [2.24, 2.45) is 13.0 Å². The number of aromatic nitrogens is 4. The Hall–Kier alpha value is -1.03. The van der Waals surface area contributed by atoms with Gasteiger partial charge in [0.15, 0.2) is 5.65 Å². The minimum Gasteiger partial charge on any atom is -0.309 e. The fourth-order valence-electron chi connectivity index (χ4n) is 3.19. The van der Waals surface area contributed by atoms with E-state index < -0.39 is 0 Å². The SMILES string of the molecule is CCc1nn(C)c2c1nc(CCl)n2C(C)C(CC)CC. The molecule has 20 heavy (non-hydrogen) atoms. The highest BCUT2D eigenvalue weighted by Gasteiger charge is 2.24. The molecule has 2 heterocycles. The zero-order valence-corrected chi connectivity index (χ0v) is 13.9. The van der Waals surface area contributed by atoms with Crippen LogP contribution in [0.15, 0.2) is 0 Å². The Balaban J connectivity index is 2.63. The summed E-state index contributed by atoms with van der Waals surface area (Å²) in [6, 6.07) is 0.392. The molecule has 2 aromatic rings. The van der Waals surface area contributed by atoms with Crippen LogP contribution < -0.4 is 0 Å². The van der Waals surface area contributed by atoms with Crippen molar-refractivity contribution in [1.82, 2.24) is 19.3 Å². The zero-order valence-electron chi connectivity index (χ0n) is 13.1. The van der Waals surface area contributed by atoms with Gasteiger partial charge in [0.2, 0.25) is 0 Å². The topological polar surface area (TPSA) is 35.6 Å². The van der Waals surface area contributed by atoms with Crippen LogP contribution >= 0.6 is 11.6 Å². The van der Waals surface area contributed by atoms with Crippen LogP contribution in [-0.2, 0) is 19.3 Å². The predicted octanol–water partition coefficient (Wildman–Crippen LogP) is 4.07. The van der Waals surface area contributed by atoms with Crippen molar-refractivity contribution in [3.8, 4) is 0 Å². The molecule has 5 heteroatoms. The lowest BCUT2D eigenvalue weighted by Crippen LogP contribution is -2.19. The Labute approximate surface area is 126 Å². The van der Waals surface area contributed by atoms with Crippen molar-refractivity contribution in [2.75, 3.05) is 0 Å². The summed E-state index contributed by atoms with van der Waals surface area (Å²) in [7, 11) is 2.00. The molecule has 0 fully saturated rings. The molecule has 0 N–H and O–H groups in total. The average molecular weight is 297 g/mol. The number of hydrogen-bond acceptors (Lipinski definition) is 2. The van der Waals surface area contributed by atoms with Gasteiger partial charge in [-0.15, -0.1) is 11.6 Å². The van der Waals surface area contributed by atoms with Crippen LogP contribution in [0.25, 0.3) is 11.2 Å². The van der Waals surface area contributed by atoms with E-state index in [2.05, 4.69) is 37.4 Å². The number of halogens is 1. The molecule has 0 saturated heterocycles. The Bertz CT molecular complexity index is 580. The summed E-state index contributed by atoms with van der Waals surface area (Å²) in [5.74, 6) is 2.04. The van der Waals surface area contributed by atoms with Crippen molar-refractivity contribution in [1.29, 1.82) is 0 Å². The lowest BCUT2D eigenvalue weighted by atomic mass is 9.95. The van der Waals surface area contributed by atoms with E-state index in [0.29, 0.717) is 17.8 Å². The van der Waals surface area contributed by atoms with Crippen molar-refractivity contribution in [2.45, 2.75) is 58.9 Å². The summed E-state index contributed by atoms with van der Waals surface area (Å²) in [5, 5.41) is 4.59. The minimum absolute atomic E-state index is 0.392. The van der Waals surface area contributed by atoms with Gasteiger partial charge in [0.1, 0.15) is 11.3 Å². The molecule has 0 aliphatic rings. The maximum absolute atomic E-state index is 6.13. The largest absolute Gasteiger partial charge is 0.309 e. The maximum Gasteiger partial charge on any atom is 0.158 e. The summed E-state index contributed by atoms with van der Waals surface area (Å²) in [6.07, 6.45) is 3.23. The Kier molecular flexibility index (Phi) is 4.74. The van der Waals surface area contributed by atoms with Crippen molar-refractivity contribution in [3.05, 3.63) is 11.5 Å². The number of rotatable bonds is 6. The molecule has 112 valence electrons. The van der Waals surface area contributed by atoms with E-state index in [1.165, 1.54) is 0 Å². The van der Waals surface area contributed by atoms with Crippen molar-refractivity contribution < 1.29 is 0 Å². The molecule has 0 saturated carbocycles. The van der Waals surface area contributed by atoms with Gasteiger partial charge in [-0.25, -0.2) is 4.98 Å². The normalized spacial score (nSPS) is 13.6. The molecular formula is C15H25ClN4. The molecule has 0 amide bonds. The Morgan fingerprint density at radius 2 is 1.85 bits per heavy atom. The molecule has 4 nitrogen and oxygen atoms in total. The van der Waals surface area contributed by atoms with Gasteiger partial charge < -0.3 is 4.57 Å². The number of nitrogens with zero attached hydrogens (tertiary/aromatic N) is 4. The first kappa shape index (κ1) is 15.4. The highest BCUT2D eigenvalue weighted by molar-refractivity contribution is 6.16. The monoisotopic (exact) mass is 296 g/mol. The fraction of sp³-hybridized carbons (Fsp3) is 0.733. The molecule has 0 bridgehead atoms. The average Bonchev–Trinajstić information content (AvgIpc) is 2.97. The van der Waals surface area contributed by atoms with E-state index in [-0.39, 0.29) is 0 Å². The van der Waals surface area contributed by atoms with Crippen LogP contribution in [-0.4, -0.2) is 19.3 Å². The number of alkyl halides is 1. The van der Waals surface area contributed by atoms with E-state index >= 15 is 0 Å². The van der Waals surface area contributed by atoms with Crippen LogP contribution in [0.4, 0.5) is 0 Å². The standard InChI is InChI=1S/C15H25ClN4/c1-6-11(7-2)10(4)20-13(9-16)17-14-12(8-3)18-19(5)15(14)20/h10-11H,6-9H2,1-5H3. The molecule has 2 rings (SSSR count). The molecule has 1 atom stereocenters. The number of fused-ring (bicyclic) bond motifs is 1. The van der Waals surface area contributed by atoms with Crippen LogP contribution in [0, 0.1) is 5.92 Å². The number of imidazole rings is 1. The summed E-state index contributed by atoms with van der Waals surface area (Å²) < 4.78 is 4.25. The second kappa shape index (κ2) is 6.17. The predicted molar refractivity (Wildman–Crippen MR) is 84.2 cm³/mol. The van der Waals surface area contributed by atoms with Gasteiger partial charge >= 0.3 is 0 Å². The summed E-state index contributed by atoms with van der Waals surface area (Å²) in [6.45, 7) is 8.89. The molecule has 0 aromatic carbocycles. The van der Waals surface area contributed by atoms with Crippen LogP contribution in [0.2, 0.25) is 0 Å². The zero-order chi connectivity index (χ0) is 14.9. The van der Waals surface area contributed by atoms with E-state index in [4.69, 9.17) is 16.6 Å². The Morgan fingerprint density at radius 3 is 2.35 bits per heavy atom. The van der Waals surface area contributed by atoms with E-state index in [1.54, 1.807) is 0 Å². The van der Waals surface area contributed by atoms with E-state index in [9.17, 15) is 0 Å². The van der Waals surface area contributed by atoms with Gasteiger partial charge in [-0.3, -0.25) is 4.68 Å². The second-order valence-corrected chi connectivity index (χ2v) is 5.71. The third kappa shape index (κ3) is 2.34. The van der Waals surface area contributed by atoms with Crippen LogP contribution in [0.1, 0.15) is 58.1 Å². The van der Waals surface area contributed by atoms with E-state index in [1.807, 2.05) is 11.7 Å². The summed E-state index contributed by atoms with van der Waals surface area (Å²) in [5.41, 5.74) is 3.18. The van der Waals surface area contributed by atoms with Gasteiger partial charge in [0.25, 0.3) is 0 Å². The lowest BCUT2D eigenvalue weighted by Gasteiger charge is -2.24. The van der Waals surface area contributed by atoms with Gasteiger partial charge in [-0.05, 0) is 19.3 Å². The van der Waals surface area contributed by atoms with Gasteiger partial charge in [-0.2, -0.15) is 5.10 Å². The molecule has 0 radical (unpaired) electrons. The highest BCUT2D eigenvalue weighted by atomic mass is 35.5. The fourth-order valence-corrected chi connectivity index (χ4v) is 3.38. The van der Waals surface area contributed by atoms with Crippen LogP contribution in [0.3, 0.4) is 0 Å². The highest BCUT2D eigenvalue weighted by Crippen LogP contribution is 2.31. The first-order valence-electron chi connectivity index (χ1n) is 7.57. The number of hydrogen-bond donors (Lipinski definition) is 0. The van der Waals surface area contributed by atoms with E-state index in [0.717, 1.165) is 41.9 Å². The third-order valence-corrected chi connectivity index (χ3v) is 4.64. The first-order valence-corrected chi connectivity index (χ1v) is 8.10. The molecule has 0 aliphatic carbocycles. The third-order valence-electron chi connectivity index (χ3n) is 4.40. The quantitative estimate of drug-likeness (QED) is 0.753. The lowest BCUT2D eigenvalue weighted by molar-refractivity contribution is 0.331. The van der Waals surface area contributed by atoms with Crippen LogP contribution in [0.5, 0.6) is 0 Å². The maximum atomic E-state index is 6.13. The summed E-state index contributed by atoms with van der Waals surface area (Å²) in [4.78, 5) is 4.74. The molecule has 1 unspecified atom stereocenters. The summed E-state index contributed by atoms with van der Waals surface area (Å²) >= 11 is 6.13. The van der Waals surface area contributed by atoms with Crippen molar-refractivity contribution >= 4 is 22.8 Å². The number of aryl methyl sites for hydroxylation is 2. The van der Waals surface area contributed by atoms with Crippen molar-refractivity contribution in [3.63, 3.8) is 0 Å². The first-order chi connectivity index (χ1) is 9.58. The minimum atomic E-state index is 0.392. The molecular weight excluding hydrogens is 272 g/mol. The smallest absolute Gasteiger partial charge is 0.158 e.